The van der Waals surface area contributed by atoms with E-state index >= 15 is 0 Å². The van der Waals surface area contributed by atoms with Crippen molar-refractivity contribution in [3.8, 4) is 17.6 Å². The molecular formula is C25H26ClFN4O2. The minimum Gasteiger partial charge on any atom is -0.492 e. The van der Waals surface area contributed by atoms with Gasteiger partial charge >= 0.3 is 0 Å². The molecule has 0 aliphatic carbocycles. The highest BCUT2D eigenvalue weighted by Crippen LogP contribution is 2.31. The van der Waals surface area contributed by atoms with E-state index in [9.17, 15) is 4.39 Å². The Morgan fingerprint density at radius 1 is 1.21 bits per heavy atom. The van der Waals surface area contributed by atoms with E-state index in [2.05, 4.69) is 45.9 Å². The molecule has 0 radical (unpaired) electrons. The maximum atomic E-state index is 13.6. The van der Waals surface area contributed by atoms with Gasteiger partial charge in [-0.05, 0) is 45.0 Å². The lowest BCUT2D eigenvalue weighted by atomic mass is 10.0. The summed E-state index contributed by atoms with van der Waals surface area (Å²) >= 11 is 5.93. The van der Waals surface area contributed by atoms with Crippen LogP contribution in [0.3, 0.4) is 0 Å². The summed E-state index contributed by atoms with van der Waals surface area (Å²) in [7, 11) is 0. The third-order valence-corrected chi connectivity index (χ3v) is 5.81. The fourth-order valence-electron chi connectivity index (χ4n) is 3.69. The quantitative estimate of drug-likeness (QED) is 0.530. The number of hydrogen-bond acceptors (Lipinski definition) is 6. The highest BCUT2D eigenvalue weighted by Gasteiger charge is 2.26. The van der Waals surface area contributed by atoms with Gasteiger partial charge in [0.1, 0.15) is 23.7 Å². The highest BCUT2D eigenvalue weighted by molar-refractivity contribution is 6.31. The van der Waals surface area contributed by atoms with Crippen LogP contribution in [0.4, 0.5) is 15.9 Å². The average molecular weight is 469 g/mol. The Morgan fingerprint density at radius 3 is 2.73 bits per heavy atom. The first-order chi connectivity index (χ1) is 15.9. The molecule has 3 aromatic rings. The summed E-state index contributed by atoms with van der Waals surface area (Å²) in [6.07, 6.45) is 1.47. The summed E-state index contributed by atoms with van der Waals surface area (Å²) in [5.74, 6) is 7.50. The van der Waals surface area contributed by atoms with Crippen LogP contribution in [0.2, 0.25) is 5.02 Å². The van der Waals surface area contributed by atoms with Gasteiger partial charge in [0.25, 0.3) is 0 Å². The molecule has 0 amide bonds. The second-order valence-electron chi connectivity index (χ2n) is 8.18. The molecule has 33 heavy (non-hydrogen) atoms. The first-order valence-electron chi connectivity index (χ1n) is 10.9. The molecule has 1 aromatic heterocycles. The van der Waals surface area contributed by atoms with Gasteiger partial charge in [-0.1, -0.05) is 23.4 Å². The van der Waals surface area contributed by atoms with Crippen LogP contribution in [0.25, 0.3) is 10.9 Å². The van der Waals surface area contributed by atoms with E-state index in [1.54, 1.807) is 6.07 Å². The molecule has 172 valence electrons. The number of morpholine rings is 1. The zero-order valence-corrected chi connectivity index (χ0v) is 19.7. The van der Waals surface area contributed by atoms with Crippen LogP contribution in [0.15, 0.2) is 36.7 Å². The maximum absolute atomic E-state index is 13.6. The van der Waals surface area contributed by atoms with Gasteiger partial charge in [0.05, 0.1) is 41.5 Å². The minimum absolute atomic E-state index is 0.0360. The molecular weight excluding hydrogens is 443 g/mol. The van der Waals surface area contributed by atoms with Crippen LogP contribution >= 0.6 is 11.6 Å². The van der Waals surface area contributed by atoms with Crippen LogP contribution in [0, 0.1) is 17.7 Å². The average Bonchev–Trinajstić information content (AvgIpc) is 2.81. The van der Waals surface area contributed by atoms with E-state index in [1.165, 1.54) is 18.5 Å². The second kappa shape index (κ2) is 9.92. The number of aromatic nitrogens is 2. The van der Waals surface area contributed by atoms with Crippen molar-refractivity contribution < 1.29 is 13.9 Å². The molecule has 1 aliphatic rings. The van der Waals surface area contributed by atoms with Crippen LogP contribution in [0.1, 0.15) is 26.3 Å². The third kappa shape index (κ3) is 5.36. The first-order valence-corrected chi connectivity index (χ1v) is 11.2. The van der Waals surface area contributed by atoms with E-state index in [1.807, 2.05) is 19.1 Å². The van der Waals surface area contributed by atoms with Crippen molar-refractivity contribution in [2.24, 2.45) is 0 Å². The molecule has 8 heteroatoms. The highest BCUT2D eigenvalue weighted by atomic mass is 35.5. The third-order valence-electron chi connectivity index (χ3n) is 5.52. The molecule has 6 nitrogen and oxygen atoms in total. The van der Waals surface area contributed by atoms with Crippen LogP contribution < -0.4 is 10.1 Å². The monoisotopic (exact) mass is 468 g/mol. The van der Waals surface area contributed by atoms with Crippen molar-refractivity contribution in [1.82, 2.24) is 14.9 Å². The van der Waals surface area contributed by atoms with Crippen molar-refractivity contribution in [2.45, 2.75) is 26.3 Å². The van der Waals surface area contributed by atoms with E-state index in [4.69, 9.17) is 21.1 Å². The Balaban J connectivity index is 1.73. The lowest BCUT2D eigenvalue weighted by Crippen LogP contribution is -2.49. The number of rotatable bonds is 5. The maximum Gasteiger partial charge on any atom is 0.141 e. The number of nitrogens with zero attached hydrogens (tertiary/aromatic N) is 3. The van der Waals surface area contributed by atoms with E-state index < -0.39 is 5.82 Å². The van der Waals surface area contributed by atoms with Gasteiger partial charge in [-0.15, -0.1) is 0 Å². The summed E-state index contributed by atoms with van der Waals surface area (Å²) in [5.41, 5.74) is 1.76. The Hall–Kier alpha value is -2.92. The zero-order valence-electron chi connectivity index (χ0n) is 18.9. The van der Waals surface area contributed by atoms with E-state index in [0.29, 0.717) is 42.6 Å². The summed E-state index contributed by atoms with van der Waals surface area (Å²) in [5, 5.41) is 4.01. The number of fused-ring (bicyclic) bond motifs is 1. The fourth-order valence-corrected chi connectivity index (χ4v) is 3.87. The molecule has 0 atom stereocenters. The van der Waals surface area contributed by atoms with Gasteiger partial charge < -0.3 is 14.8 Å². The summed E-state index contributed by atoms with van der Waals surface area (Å²) in [4.78, 5) is 11.1. The van der Waals surface area contributed by atoms with Gasteiger partial charge in [-0.2, -0.15) is 0 Å². The molecule has 1 fully saturated rings. The van der Waals surface area contributed by atoms with Crippen molar-refractivity contribution in [1.29, 1.82) is 0 Å². The molecule has 2 heterocycles. The number of nitrogens with one attached hydrogen (secondary N) is 1. The molecule has 4 rings (SSSR count). The normalized spacial score (nSPS) is 14.6. The van der Waals surface area contributed by atoms with Crippen molar-refractivity contribution in [3.63, 3.8) is 0 Å². The summed E-state index contributed by atoms with van der Waals surface area (Å²) in [6, 6.07) is 8.23. The zero-order chi connectivity index (χ0) is 23.4. The Labute approximate surface area is 198 Å². The second-order valence-corrected chi connectivity index (χ2v) is 8.59. The fraction of sp³-hybridized carbons (Fsp3) is 0.360. The summed E-state index contributed by atoms with van der Waals surface area (Å²) in [6.45, 7) is 9.79. The van der Waals surface area contributed by atoms with Gasteiger partial charge in [-0.3, -0.25) is 4.90 Å². The number of benzene rings is 2. The Kier molecular flexibility index (Phi) is 6.99. The first kappa shape index (κ1) is 23.2. The number of halogens is 2. The molecule has 1 aliphatic heterocycles. The Bertz CT molecular complexity index is 1220. The number of ether oxygens (including phenoxy) is 2. The van der Waals surface area contributed by atoms with E-state index in [-0.39, 0.29) is 10.6 Å². The van der Waals surface area contributed by atoms with Gasteiger partial charge in [0.15, 0.2) is 0 Å². The smallest absolute Gasteiger partial charge is 0.141 e. The lowest BCUT2D eigenvalue weighted by molar-refractivity contribution is 0.00739. The topological polar surface area (TPSA) is 59.5 Å². The van der Waals surface area contributed by atoms with Gasteiger partial charge in [0.2, 0.25) is 0 Å². The lowest BCUT2D eigenvalue weighted by Gasteiger charge is -2.37. The van der Waals surface area contributed by atoms with Gasteiger partial charge in [-0.25, -0.2) is 14.4 Å². The molecule has 1 N–H and O–H groups in total. The van der Waals surface area contributed by atoms with Gasteiger partial charge in [0, 0.05) is 30.2 Å². The molecule has 1 saturated heterocycles. The predicted octanol–water partition coefficient (Wildman–Crippen LogP) is 5.03. The summed E-state index contributed by atoms with van der Waals surface area (Å²) < 4.78 is 24.9. The Morgan fingerprint density at radius 2 is 2.00 bits per heavy atom. The van der Waals surface area contributed by atoms with Crippen molar-refractivity contribution in [3.05, 3.63) is 53.1 Å². The number of anilines is 2. The van der Waals surface area contributed by atoms with Crippen LogP contribution in [-0.2, 0) is 4.74 Å². The van der Waals surface area contributed by atoms with Crippen molar-refractivity contribution >= 4 is 34.0 Å². The van der Waals surface area contributed by atoms with E-state index in [0.717, 1.165) is 24.0 Å². The molecule has 0 unspecified atom stereocenters. The largest absolute Gasteiger partial charge is 0.492 e. The van der Waals surface area contributed by atoms with Crippen LogP contribution in [-0.4, -0.2) is 53.3 Å². The molecule has 0 saturated carbocycles. The molecule has 2 aromatic carbocycles. The molecule has 0 bridgehead atoms. The molecule has 0 spiro atoms. The standard InChI is InChI=1S/C25H26ClFN4O2/c1-4-33-23-15-22-19(13-17(23)7-8-25(2,3)31-9-11-32-12-10-31)24(29-16-28-22)30-18-5-6-21(27)20(26)14-18/h5-6,13-16H,4,9-12H2,1-3H3,(H,28,29,30). The minimum atomic E-state index is -0.475. The van der Waals surface area contributed by atoms with Crippen molar-refractivity contribution in [2.75, 3.05) is 38.2 Å². The number of hydrogen-bond donors (Lipinski definition) is 1. The van der Waals surface area contributed by atoms with Crippen LogP contribution in [0.5, 0.6) is 5.75 Å². The SMILES string of the molecule is CCOc1cc2ncnc(Nc3ccc(F)c(Cl)c3)c2cc1C#CC(C)(C)N1CCOCC1. The predicted molar refractivity (Wildman–Crippen MR) is 129 cm³/mol.